The summed E-state index contributed by atoms with van der Waals surface area (Å²) in [6.45, 7) is 4.30. The van der Waals surface area contributed by atoms with E-state index in [1.54, 1.807) is 0 Å². The quantitative estimate of drug-likeness (QED) is 0.0169. The Morgan fingerprint density at radius 2 is 0.500 bits per heavy atom. The van der Waals surface area contributed by atoms with Crippen molar-refractivity contribution in [2.75, 3.05) is 39.6 Å². The van der Waals surface area contributed by atoms with Crippen LogP contribution >= 0.6 is 15.6 Å². The lowest BCUT2D eigenvalue weighted by Gasteiger charge is -2.21. The zero-order valence-electron chi connectivity index (χ0n) is 64.1. The molecule has 17 nitrogen and oxygen atoms in total. The van der Waals surface area contributed by atoms with E-state index in [-0.39, 0.29) is 25.7 Å². The number of unbranched alkanes of at least 4 members (excludes halogenated alkanes) is 15. The first-order valence-corrected chi connectivity index (χ1v) is 42.0. The molecule has 5 unspecified atom stereocenters. The van der Waals surface area contributed by atoms with Crippen LogP contribution < -0.4 is 0 Å². The summed E-state index contributed by atoms with van der Waals surface area (Å²) >= 11 is 0. The fourth-order valence-electron chi connectivity index (χ4n) is 9.50. The molecular formula is C85H136O17P2. The summed E-state index contributed by atoms with van der Waals surface area (Å²) in [6.07, 6.45) is 90.3. The Hall–Kier alpha value is -5.84. The zero-order valence-corrected chi connectivity index (χ0v) is 65.9. The van der Waals surface area contributed by atoms with Crippen LogP contribution in [0.1, 0.15) is 272 Å². The lowest BCUT2D eigenvalue weighted by molar-refractivity contribution is -0.161. The first kappa shape index (κ1) is 98.2. The second-order valence-electron chi connectivity index (χ2n) is 25.1. The van der Waals surface area contributed by atoms with Gasteiger partial charge >= 0.3 is 39.5 Å². The maximum atomic E-state index is 13.1. The minimum absolute atomic E-state index is 0.0291. The lowest BCUT2D eigenvalue weighted by Crippen LogP contribution is -2.30. The van der Waals surface area contributed by atoms with Crippen LogP contribution in [0.2, 0.25) is 0 Å². The molecule has 588 valence electrons. The first-order chi connectivity index (χ1) is 50.7. The molecule has 0 rings (SSSR count). The van der Waals surface area contributed by atoms with Crippen molar-refractivity contribution in [3.05, 3.63) is 182 Å². The average molecular weight is 1490 g/mol. The number of carbonyl (C=O) groups excluding carboxylic acids is 4. The Kier molecular flexibility index (Phi) is 71.2. The maximum absolute atomic E-state index is 13.1. The van der Waals surface area contributed by atoms with Crippen molar-refractivity contribution >= 4 is 39.5 Å². The van der Waals surface area contributed by atoms with Crippen molar-refractivity contribution in [2.24, 2.45) is 0 Å². The van der Waals surface area contributed by atoms with Gasteiger partial charge in [0.2, 0.25) is 0 Å². The van der Waals surface area contributed by atoms with E-state index < -0.39 is 97.5 Å². The minimum atomic E-state index is -5.01. The number of phosphoric ester groups is 2. The molecule has 0 aromatic rings. The molecule has 19 heteroatoms. The molecule has 0 aliphatic heterocycles. The summed E-state index contributed by atoms with van der Waals surface area (Å²) < 4.78 is 68.5. The third kappa shape index (κ3) is 74.4. The van der Waals surface area contributed by atoms with Crippen molar-refractivity contribution in [1.82, 2.24) is 0 Å². The van der Waals surface area contributed by atoms with Crippen molar-refractivity contribution in [2.45, 2.75) is 290 Å². The molecular weight excluding hydrogens is 1350 g/mol. The highest BCUT2D eigenvalue weighted by molar-refractivity contribution is 7.47. The topological polar surface area (TPSA) is 237 Å². The smallest absolute Gasteiger partial charge is 0.462 e. The van der Waals surface area contributed by atoms with Gasteiger partial charge in [0, 0.05) is 25.7 Å². The number of ether oxygens (including phenoxy) is 4. The van der Waals surface area contributed by atoms with Gasteiger partial charge in [0.25, 0.3) is 0 Å². The number of aliphatic hydroxyl groups excluding tert-OH is 1. The van der Waals surface area contributed by atoms with Crippen LogP contribution in [-0.2, 0) is 65.4 Å². The Morgan fingerprint density at radius 3 is 0.798 bits per heavy atom. The molecule has 0 radical (unpaired) electrons. The second kappa shape index (κ2) is 75.4. The van der Waals surface area contributed by atoms with Gasteiger partial charge in [-0.2, -0.15) is 0 Å². The number of esters is 4. The maximum Gasteiger partial charge on any atom is 0.472 e. The van der Waals surface area contributed by atoms with Gasteiger partial charge in [-0.3, -0.25) is 37.3 Å². The van der Waals surface area contributed by atoms with Gasteiger partial charge in [0.1, 0.15) is 19.3 Å². The second-order valence-corrected chi connectivity index (χ2v) is 28.1. The summed E-state index contributed by atoms with van der Waals surface area (Å²) in [7, 11) is -10.0. The molecule has 0 spiro atoms. The molecule has 0 saturated carbocycles. The molecule has 5 atom stereocenters. The van der Waals surface area contributed by atoms with Crippen LogP contribution in [0.4, 0.5) is 0 Å². The third-order valence-corrected chi connectivity index (χ3v) is 17.2. The van der Waals surface area contributed by atoms with Gasteiger partial charge in [0.15, 0.2) is 12.2 Å². The molecule has 0 amide bonds. The van der Waals surface area contributed by atoms with Crippen LogP contribution in [-0.4, -0.2) is 96.7 Å². The number of hydrogen-bond donors (Lipinski definition) is 3. The van der Waals surface area contributed by atoms with E-state index in [0.29, 0.717) is 32.1 Å². The summed E-state index contributed by atoms with van der Waals surface area (Å²) in [4.78, 5) is 73.0. The predicted octanol–water partition coefficient (Wildman–Crippen LogP) is 22.8. The van der Waals surface area contributed by atoms with Gasteiger partial charge < -0.3 is 33.8 Å². The third-order valence-electron chi connectivity index (χ3n) is 15.3. The standard InChI is InChI=1S/C85H136O17P2/c1-5-9-13-17-21-25-29-33-36-38-39-41-44-47-50-54-58-62-66-70-83(88)95-75-80(101-84(89)71-67-63-59-55-51-45-32-28-24-20-16-12-8-4)77-99-103(91,92)97-73-79(86)74-98-104(93,94)100-78-81(102-85(90)72-68-64-60-56-52-48-42-35-31-27-23-19-15-11-7-3)76-96-82(87)69-65-61-57-53-49-46-43-40-37-34-30-26-22-18-14-10-6-2/h9-11,13-16,20-23,25-28,32-37,39,41-43,46-47,50,52,56,79-81,86H,5-8,12,17-19,24,29-31,38,40,44-45,48-49,51,53-55,57-78H2,1-4H3,(H,91,92)(H,93,94)/b13-9-,14-10-,15-11-,20-16-,25-21-,26-22-,27-23-,32-28-,36-33-,37-34-,41-39-,42-35-,46-43-,50-47-,56-52-. The van der Waals surface area contributed by atoms with Gasteiger partial charge in [-0.25, -0.2) is 9.13 Å². The fourth-order valence-corrected chi connectivity index (χ4v) is 11.1. The van der Waals surface area contributed by atoms with Crippen LogP contribution in [0.5, 0.6) is 0 Å². The summed E-state index contributed by atoms with van der Waals surface area (Å²) in [5.41, 5.74) is 0. The van der Waals surface area contributed by atoms with Crippen molar-refractivity contribution in [3.63, 3.8) is 0 Å². The van der Waals surface area contributed by atoms with Crippen LogP contribution in [0.3, 0.4) is 0 Å². The molecule has 0 saturated heterocycles. The molecule has 0 fully saturated rings. The molecule has 0 aromatic carbocycles. The van der Waals surface area contributed by atoms with Gasteiger partial charge in [-0.1, -0.05) is 255 Å². The first-order valence-electron chi connectivity index (χ1n) is 39.0. The van der Waals surface area contributed by atoms with Crippen molar-refractivity contribution in [3.8, 4) is 0 Å². The summed E-state index contributed by atoms with van der Waals surface area (Å²) in [6, 6.07) is 0. The number of phosphoric acid groups is 2. The Balaban J connectivity index is 5.46. The van der Waals surface area contributed by atoms with E-state index in [1.807, 2.05) is 0 Å². The number of allylic oxidation sites excluding steroid dienone is 30. The van der Waals surface area contributed by atoms with E-state index in [4.69, 9.17) is 37.0 Å². The van der Waals surface area contributed by atoms with Crippen LogP contribution in [0, 0.1) is 0 Å². The van der Waals surface area contributed by atoms with Gasteiger partial charge in [-0.05, 0) is 173 Å². The molecule has 0 aromatic heterocycles. The Morgan fingerprint density at radius 1 is 0.279 bits per heavy atom. The Bertz CT molecular complexity index is 2690. The number of rotatable bonds is 71. The molecule has 0 aliphatic rings. The molecule has 104 heavy (non-hydrogen) atoms. The highest BCUT2D eigenvalue weighted by Gasteiger charge is 2.30. The van der Waals surface area contributed by atoms with Gasteiger partial charge in [-0.15, -0.1) is 0 Å². The average Bonchev–Trinajstić information content (AvgIpc) is 0.939. The van der Waals surface area contributed by atoms with Crippen LogP contribution in [0.15, 0.2) is 182 Å². The highest BCUT2D eigenvalue weighted by atomic mass is 31.2. The number of hydrogen-bond acceptors (Lipinski definition) is 15. The van der Waals surface area contributed by atoms with Crippen molar-refractivity contribution < 1.29 is 80.2 Å². The largest absolute Gasteiger partial charge is 0.472 e. The molecule has 3 N–H and O–H groups in total. The highest BCUT2D eigenvalue weighted by Crippen LogP contribution is 2.45. The lowest BCUT2D eigenvalue weighted by atomic mass is 10.1. The number of aliphatic hydroxyl groups is 1. The molecule has 0 aliphatic carbocycles. The predicted molar refractivity (Wildman–Crippen MR) is 426 cm³/mol. The Labute approximate surface area is 628 Å². The monoisotopic (exact) mass is 1490 g/mol. The molecule has 0 bridgehead atoms. The van der Waals surface area contributed by atoms with Crippen LogP contribution in [0.25, 0.3) is 0 Å². The number of carbonyl (C=O) groups is 4. The van der Waals surface area contributed by atoms with E-state index in [0.717, 1.165) is 186 Å². The van der Waals surface area contributed by atoms with Crippen molar-refractivity contribution in [1.29, 1.82) is 0 Å². The summed E-state index contributed by atoms with van der Waals surface area (Å²) in [5.74, 6) is -2.32. The zero-order chi connectivity index (χ0) is 76.0. The van der Waals surface area contributed by atoms with Gasteiger partial charge in [0.05, 0.1) is 26.4 Å². The van der Waals surface area contributed by atoms with E-state index >= 15 is 0 Å². The van der Waals surface area contributed by atoms with E-state index in [2.05, 4.69) is 210 Å². The minimum Gasteiger partial charge on any atom is -0.462 e. The fraction of sp³-hybridized carbons (Fsp3) is 0.600. The van der Waals surface area contributed by atoms with E-state index in [1.165, 1.54) is 0 Å². The van der Waals surface area contributed by atoms with E-state index in [9.17, 15) is 43.2 Å². The molecule has 0 heterocycles. The normalized spacial score (nSPS) is 14.9. The SMILES string of the molecule is CC/C=C\C/C=C\C/C=C\C/C=C\C/C=C\CCCCCC(=O)OCC(COP(=O)(O)OCC(O)COP(=O)(O)OCC(COC(=O)CCCCCC/C=C\C/C=C\C/C=C\C/C=C\CC)OC(=O)CCCC/C=C\C/C=C\C/C=C\C/C=C\CC)OC(=O)CCCCCCC/C=C\C/C=C\CCC. The summed E-state index contributed by atoms with van der Waals surface area (Å²) in [5, 5.41) is 10.6.